The van der Waals surface area contributed by atoms with E-state index in [4.69, 9.17) is 14.3 Å². The number of aliphatic hydroxyl groups excluding tert-OH is 1. The van der Waals surface area contributed by atoms with Crippen molar-refractivity contribution in [1.29, 1.82) is 0 Å². The Balaban J connectivity index is 2.10. The highest BCUT2D eigenvalue weighted by Gasteiger charge is 2.36. The van der Waals surface area contributed by atoms with Crippen LogP contribution in [0, 0.1) is 17.8 Å². The fraction of sp³-hybridized carbons (Fsp3) is 0.800. The van der Waals surface area contributed by atoms with Crippen LogP contribution in [0.15, 0.2) is 16.5 Å². The Labute approximate surface area is 156 Å². The summed E-state index contributed by atoms with van der Waals surface area (Å²) in [6.07, 6.45) is 3.01. The van der Waals surface area contributed by atoms with Crippen LogP contribution in [0.1, 0.15) is 59.8 Å². The number of hydrogen-bond acceptors (Lipinski definition) is 6. The summed E-state index contributed by atoms with van der Waals surface area (Å²) < 4.78 is 11.6. The molecule has 0 amide bonds. The van der Waals surface area contributed by atoms with Gasteiger partial charge >= 0.3 is 0 Å². The van der Waals surface area contributed by atoms with Gasteiger partial charge in [-0.15, -0.1) is 0 Å². The normalized spacial score (nSPS) is 28.4. The van der Waals surface area contributed by atoms with Gasteiger partial charge in [0, 0.05) is 18.8 Å². The number of aliphatic hydroxyl groups is 1. The Morgan fingerprint density at radius 1 is 1.27 bits per heavy atom. The van der Waals surface area contributed by atoms with Crippen molar-refractivity contribution in [2.45, 2.75) is 66.1 Å². The van der Waals surface area contributed by atoms with Gasteiger partial charge < -0.3 is 19.4 Å². The topological polar surface area (TPSA) is 77.3 Å². The number of rotatable bonds is 7. The molecule has 0 aromatic carbocycles. The summed E-state index contributed by atoms with van der Waals surface area (Å²) in [5, 5.41) is 14.7. The second-order valence-corrected chi connectivity index (χ2v) is 7.48. The van der Waals surface area contributed by atoms with Crippen LogP contribution in [-0.4, -0.2) is 42.7 Å². The highest BCUT2D eigenvalue weighted by Crippen LogP contribution is 2.35. The van der Waals surface area contributed by atoms with Gasteiger partial charge in [-0.05, 0) is 31.6 Å². The first-order valence-corrected chi connectivity index (χ1v) is 9.85. The van der Waals surface area contributed by atoms with E-state index in [-0.39, 0.29) is 29.7 Å². The van der Waals surface area contributed by atoms with Crippen molar-refractivity contribution < 1.29 is 24.2 Å². The number of carbonyl (C=O) groups excluding carboxylic acids is 1. The van der Waals surface area contributed by atoms with Gasteiger partial charge in [-0.2, -0.15) is 0 Å². The molecule has 6 nitrogen and oxygen atoms in total. The first-order valence-electron chi connectivity index (χ1n) is 9.85. The summed E-state index contributed by atoms with van der Waals surface area (Å²) in [6.45, 7) is 9.64. The molecular formula is C20H33NO5. The Hall–Kier alpha value is -1.40. The molecule has 3 atom stereocenters. The summed E-state index contributed by atoms with van der Waals surface area (Å²) in [5.74, 6) is 0.688. The minimum absolute atomic E-state index is 0.0452. The second kappa shape index (κ2) is 10.1. The molecule has 1 heterocycles. The summed E-state index contributed by atoms with van der Waals surface area (Å²) in [7, 11) is 0. The zero-order chi connectivity index (χ0) is 19.1. The minimum Gasteiger partial charge on any atom is -0.511 e. The van der Waals surface area contributed by atoms with Crippen molar-refractivity contribution in [3.8, 4) is 0 Å². The second-order valence-electron chi connectivity index (χ2n) is 7.48. The molecule has 1 saturated heterocycles. The zero-order valence-corrected chi connectivity index (χ0v) is 16.5. The van der Waals surface area contributed by atoms with Crippen molar-refractivity contribution in [2.24, 2.45) is 22.9 Å². The first-order chi connectivity index (χ1) is 12.5. The molecular weight excluding hydrogens is 334 g/mol. The lowest BCUT2D eigenvalue weighted by molar-refractivity contribution is -0.154. The predicted octanol–water partition coefficient (Wildman–Crippen LogP) is 4.01. The Morgan fingerprint density at radius 2 is 2.04 bits per heavy atom. The average Bonchev–Trinajstić information content (AvgIpc) is 2.85. The summed E-state index contributed by atoms with van der Waals surface area (Å²) in [6, 6.07) is 0. The van der Waals surface area contributed by atoms with Crippen molar-refractivity contribution in [3.05, 3.63) is 11.3 Å². The molecule has 1 aliphatic carbocycles. The number of oxime groups is 1. The lowest BCUT2D eigenvalue weighted by atomic mass is 9.77. The molecule has 0 aromatic heterocycles. The molecule has 0 saturated carbocycles. The van der Waals surface area contributed by atoms with Gasteiger partial charge in [-0.25, -0.2) is 0 Å². The van der Waals surface area contributed by atoms with Crippen molar-refractivity contribution in [2.75, 3.05) is 19.8 Å². The van der Waals surface area contributed by atoms with E-state index in [1.807, 2.05) is 13.8 Å². The van der Waals surface area contributed by atoms with E-state index in [0.717, 1.165) is 12.8 Å². The van der Waals surface area contributed by atoms with Crippen LogP contribution in [0.2, 0.25) is 0 Å². The maximum Gasteiger partial charge on any atom is 0.168 e. The highest BCUT2D eigenvalue weighted by atomic mass is 16.7. The lowest BCUT2D eigenvalue weighted by Crippen LogP contribution is -2.31. The van der Waals surface area contributed by atoms with Gasteiger partial charge in [0.1, 0.15) is 12.4 Å². The molecule has 3 unspecified atom stereocenters. The summed E-state index contributed by atoms with van der Waals surface area (Å²) >= 11 is 0. The molecule has 1 fully saturated rings. The van der Waals surface area contributed by atoms with Gasteiger partial charge in [0.15, 0.2) is 12.1 Å². The number of ketones is 1. The fourth-order valence-electron chi connectivity index (χ4n) is 3.62. The van der Waals surface area contributed by atoms with E-state index in [1.54, 1.807) is 0 Å². The van der Waals surface area contributed by atoms with Crippen LogP contribution >= 0.6 is 0 Å². The van der Waals surface area contributed by atoms with Crippen LogP contribution < -0.4 is 0 Å². The molecule has 6 heteroatoms. The van der Waals surface area contributed by atoms with Crippen LogP contribution in [0.4, 0.5) is 0 Å². The smallest absolute Gasteiger partial charge is 0.168 e. The average molecular weight is 367 g/mol. The monoisotopic (exact) mass is 367 g/mol. The molecule has 1 aliphatic heterocycles. The maximum absolute atomic E-state index is 12.8. The van der Waals surface area contributed by atoms with Gasteiger partial charge in [-0.1, -0.05) is 32.3 Å². The number of allylic oxidation sites excluding steroid dienone is 2. The van der Waals surface area contributed by atoms with Crippen LogP contribution in [0.5, 0.6) is 0 Å². The lowest BCUT2D eigenvalue weighted by Gasteiger charge is -2.29. The van der Waals surface area contributed by atoms with E-state index in [1.165, 1.54) is 0 Å². The third kappa shape index (κ3) is 5.30. The highest BCUT2D eigenvalue weighted by molar-refractivity contribution is 6.23. The fourth-order valence-corrected chi connectivity index (χ4v) is 3.62. The quantitative estimate of drug-likeness (QED) is 0.543. The van der Waals surface area contributed by atoms with E-state index >= 15 is 0 Å². The number of nitrogens with zero attached hydrogens (tertiary/aromatic N) is 1. The molecule has 2 rings (SSSR count). The molecule has 1 N–H and O–H groups in total. The van der Waals surface area contributed by atoms with E-state index in [9.17, 15) is 9.90 Å². The van der Waals surface area contributed by atoms with E-state index in [2.05, 4.69) is 19.0 Å². The van der Waals surface area contributed by atoms with Crippen molar-refractivity contribution in [1.82, 2.24) is 0 Å². The van der Waals surface area contributed by atoms with E-state index < -0.39 is 0 Å². The van der Waals surface area contributed by atoms with Crippen LogP contribution in [0.25, 0.3) is 0 Å². The van der Waals surface area contributed by atoms with Crippen molar-refractivity contribution in [3.63, 3.8) is 0 Å². The van der Waals surface area contributed by atoms with E-state index in [0.29, 0.717) is 56.3 Å². The van der Waals surface area contributed by atoms with Gasteiger partial charge in [0.2, 0.25) is 0 Å². The number of Topliss-reactive ketones (excluding diaryl/α,β-unsaturated/α-hetero) is 1. The number of hydrogen-bond donors (Lipinski definition) is 1. The Kier molecular flexibility index (Phi) is 8.10. The summed E-state index contributed by atoms with van der Waals surface area (Å²) in [4.78, 5) is 17.9. The minimum atomic E-state index is -0.187. The third-order valence-electron chi connectivity index (χ3n) is 5.01. The number of carbonyl (C=O) groups is 1. The summed E-state index contributed by atoms with van der Waals surface area (Å²) in [5.41, 5.74) is 0.929. The molecule has 26 heavy (non-hydrogen) atoms. The molecule has 2 aliphatic rings. The Bertz CT molecular complexity index is 540. The molecule has 0 bridgehead atoms. The Morgan fingerprint density at radius 3 is 2.65 bits per heavy atom. The number of ether oxygens (including phenoxy) is 2. The van der Waals surface area contributed by atoms with Crippen LogP contribution in [-0.2, 0) is 19.1 Å². The molecule has 0 spiro atoms. The van der Waals surface area contributed by atoms with Crippen LogP contribution in [0.3, 0.4) is 0 Å². The third-order valence-corrected chi connectivity index (χ3v) is 5.01. The standard InChI is InChI=1S/C20H33NO5/c1-5-7-16(21-26-6-2)19-17(22)10-15(11-18(19)23)14-8-9-24-20(13(3)4)25-12-14/h13-15,20,22H,5-12H2,1-4H3/b21-16-. The zero-order valence-electron chi connectivity index (χ0n) is 16.5. The molecule has 0 aromatic rings. The van der Waals surface area contributed by atoms with Gasteiger partial charge in [0.05, 0.1) is 24.5 Å². The first kappa shape index (κ1) is 20.9. The largest absolute Gasteiger partial charge is 0.511 e. The van der Waals surface area contributed by atoms with Gasteiger partial charge in [-0.3, -0.25) is 4.79 Å². The van der Waals surface area contributed by atoms with Crippen molar-refractivity contribution >= 4 is 11.5 Å². The molecule has 148 valence electrons. The molecule has 0 radical (unpaired) electrons. The van der Waals surface area contributed by atoms with Gasteiger partial charge in [0.25, 0.3) is 0 Å². The predicted molar refractivity (Wildman–Crippen MR) is 100.0 cm³/mol. The SMILES string of the molecule is CCC/C(=N/OCC)C1=C(O)CC(C2CCOC(C(C)C)OC2)CC1=O. The maximum atomic E-state index is 12.8.